The summed E-state index contributed by atoms with van der Waals surface area (Å²) in [7, 11) is 1.51. The average molecular weight is 371 g/mol. The number of nitrogens with zero attached hydrogens (tertiary/aromatic N) is 5. The van der Waals surface area contributed by atoms with Gasteiger partial charge in [-0.15, -0.1) is 5.11 Å². The van der Waals surface area contributed by atoms with Crippen LogP contribution in [0.25, 0.3) is 0 Å². The van der Waals surface area contributed by atoms with Crippen molar-refractivity contribution >= 4 is 17.1 Å². The lowest BCUT2D eigenvalue weighted by atomic mass is 10.1. The number of methoxy groups -OCH3 is 1. The van der Waals surface area contributed by atoms with E-state index in [1.165, 1.54) is 38.3 Å². The highest BCUT2D eigenvalue weighted by atomic mass is 16.6. The van der Waals surface area contributed by atoms with Crippen molar-refractivity contribution in [2.75, 3.05) is 13.7 Å². The second-order valence-corrected chi connectivity index (χ2v) is 5.56. The highest BCUT2D eigenvalue weighted by molar-refractivity contribution is 5.57. The Morgan fingerprint density at radius 3 is 2.78 bits per heavy atom. The summed E-state index contributed by atoms with van der Waals surface area (Å²) in [6.07, 6.45) is 0.444. The maximum atomic E-state index is 12.7. The largest absolute Gasteiger partial charge is 0.493 e. The number of azo groups is 1. The van der Waals surface area contributed by atoms with Crippen LogP contribution in [0, 0.1) is 28.4 Å². The highest BCUT2D eigenvalue weighted by Crippen LogP contribution is 2.27. The van der Waals surface area contributed by atoms with Gasteiger partial charge in [0.15, 0.2) is 5.69 Å². The monoisotopic (exact) mass is 371 g/mol. The fourth-order valence-electron chi connectivity index (χ4n) is 2.41. The Kier molecular flexibility index (Phi) is 6.35. The van der Waals surface area contributed by atoms with E-state index in [2.05, 4.69) is 10.2 Å². The van der Waals surface area contributed by atoms with E-state index < -0.39 is 16.4 Å². The molecule has 2 rings (SSSR count). The topological polar surface area (TPSA) is 143 Å². The molecule has 0 saturated carbocycles. The molecule has 0 fully saturated rings. The number of ether oxygens (including phenoxy) is 1. The van der Waals surface area contributed by atoms with E-state index in [1.54, 1.807) is 0 Å². The number of rotatable bonds is 7. The van der Waals surface area contributed by atoms with E-state index in [1.807, 2.05) is 6.07 Å². The second-order valence-electron chi connectivity index (χ2n) is 5.56. The third-order valence-corrected chi connectivity index (χ3v) is 3.81. The second kappa shape index (κ2) is 8.68. The molecule has 0 aliphatic heterocycles. The summed E-state index contributed by atoms with van der Waals surface area (Å²) in [5.41, 5.74) is -0.621. The lowest BCUT2D eigenvalue weighted by Crippen LogP contribution is -2.22. The van der Waals surface area contributed by atoms with Gasteiger partial charge in [0, 0.05) is 38.0 Å². The predicted molar refractivity (Wildman–Crippen MR) is 95.6 cm³/mol. The molecular formula is C17H17N5O5. The molecule has 0 atom stereocenters. The van der Waals surface area contributed by atoms with Crippen LogP contribution in [0.2, 0.25) is 0 Å². The number of pyridine rings is 1. The van der Waals surface area contributed by atoms with Gasteiger partial charge in [-0.25, -0.2) is 0 Å². The van der Waals surface area contributed by atoms with Crippen molar-refractivity contribution < 1.29 is 14.8 Å². The quantitative estimate of drug-likeness (QED) is 0.343. The lowest BCUT2D eigenvalue weighted by molar-refractivity contribution is -0.384. The smallest absolute Gasteiger partial charge is 0.281 e. The van der Waals surface area contributed by atoms with Gasteiger partial charge < -0.3 is 9.84 Å². The van der Waals surface area contributed by atoms with Gasteiger partial charge in [-0.05, 0) is 19.4 Å². The summed E-state index contributed by atoms with van der Waals surface area (Å²) in [5, 5.41) is 38.1. The SMILES string of the molecule is COCCCn1c(O)c(C#N)c(C)c(N=Nc2cccc([N+](=O)[O-])c2)c1=O. The Morgan fingerprint density at radius 2 is 2.15 bits per heavy atom. The molecule has 27 heavy (non-hydrogen) atoms. The van der Waals surface area contributed by atoms with Gasteiger partial charge in [0.1, 0.15) is 11.6 Å². The van der Waals surface area contributed by atoms with Crippen LogP contribution >= 0.6 is 0 Å². The van der Waals surface area contributed by atoms with Gasteiger partial charge in [0.05, 0.1) is 10.6 Å². The van der Waals surface area contributed by atoms with Crippen LogP contribution in [0.15, 0.2) is 39.3 Å². The Morgan fingerprint density at radius 1 is 1.41 bits per heavy atom. The Bertz CT molecular complexity index is 990. The summed E-state index contributed by atoms with van der Waals surface area (Å²) in [5.74, 6) is -0.439. The summed E-state index contributed by atoms with van der Waals surface area (Å²) in [6.45, 7) is 1.97. The van der Waals surface area contributed by atoms with E-state index in [0.29, 0.717) is 13.0 Å². The summed E-state index contributed by atoms with van der Waals surface area (Å²) in [6, 6.07) is 7.31. The summed E-state index contributed by atoms with van der Waals surface area (Å²) >= 11 is 0. The zero-order chi connectivity index (χ0) is 20.0. The van der Waals surface area contributed by atoms with E-state index in [9.17, 15) is 25.3 Å². The minimum atomic E-state index is -0.616. The van der Waals surface area contributed by atoms with Crippen molar-refractivity contribution in [1.29, 1.82) is 5.26 Å². The van der Waals surface area contributed by atoms with Crippen LogP contribution in [0.4, 0.5) is 17.1 Å². The first-order valence-electron chi connectivity index (χ1n) is 7.92. The van der Waals surface area contributed by atoms with Gasteiger partial charge in [-0.3, -0.25) is 19.5 Å². The van der Waals surface area contributed by atoms with Crippen LogP contribution in [0.1, 0.15) is 17.5 Å². The molecule has 0 aliphatic rings. The molecule has 0 saturated heterocycles. The highest BCUT2D eigenvalue weighted by Gasteiger charge is 2.19. The van der Waals surface area contributed by atoms with E-state index in [0.717, 1.165) is 4.57 Å². The third kappa shape index (κ3) is 4.34. The van der Waals surface area contributed by atoms with Crippen molar-refractivity contribution in [3.63, 3.8) is 0 Å². The van der Waals surface area contributed by atoms with Crippen LogP contribution in [0.5, 0.6) is 5.88 Å². The fourth-order valence-corrected chi connectivity index (χ4v) is 2.41. The van der Waals surface area contributed by atoms with Gasteiger partial charge in [0.25, 0.3) is 11.2 Å². The molecule has 10 heteroatoms. The number of nitro groups is 1. The first-order valence-corrected chi connectivity index (χ1v) is 7.92. The van der Waals surface area contributed by atoms with Crippen LogP contribution in [0.3, 0.4) is 0 Å². The molecule has 0 radical (unpaired) electrons. The molecule has 0 spiro atoms. The third-order valence-electron chi connectivity index (χ3n) is 3.81. The molecule has 0 bridgehead atoms. The fraction of sp³-hybridized carbons (Fsp3) is 0.294. The molecule has 0 aliphatic carbocycles. The average Bonchev–Trinajstić information content (AvgIpc) is 2.65. The predicted octanol–water partition coefficient (Wildman–Crippen LogP) is 3.09. The Hall–Kier alpha value is -3.58. The maximum Gasteiger partial charge on any atom is 0.281 e. The number of aromatic hydroxyl groups is 1. The van der Waals surface area contributed by atoms with Crippen LogP contribution < -0.4 is 5.56 Å². The number of nitro benzene ring substituents is 1. The van der Waals surface area contributed by atoms with E-state index in [4.69, 9.17) is 4.74 Å². The van der Waals surface area contributed by atoms with Crippen molar-refractivity contribution in [2.45, 2.75) is 19.9 Å². The minimum Gasteiger partial charge on any atom is -0.493 e. The van der Waals surface area contributed by atoms with Gasteiger partial charge in [-0.1, -0.05) is 6.07 Å². The lowest BCUT2D eigenvalue weighted by Gasteiger charge is -2.12. The molecule has 1 N–H and O–H groups in total. The van der Waals surface area contributed by atoms with Crippen molar-refractivity contribution in [3.05, 3.63) is 55.9 Å². The molecule has 140 valence electrons. The van der Waals surface area contributed by atoms with Crippen molar-refractivity contribution in [3.8, 4) is 11.9 Å². The number of non-ortho nitro benzene ring substituents is 1. The van der Waals surface area contributed by atoms with Gasteiger partial charge >= 0.3 is 0 Å². The molecular weight excluding hydrogens is 354 g/mol. The van der Waals surface area contributed by atoms with Crippen LogP contribution in [-0.4, -0.2) is 28.3 Å². The number of benzene rings is 1. The van der Waals surface area contributed by atoms with Crippen molar-refractivity contribution in [1.82, 2.24) is 4.57 Å². The Labute approximate surface area is 154 Å². The van der Waals surface area contributed by atoms with Crippen LogP contribution in [-0.2, 0) is 11.3 Å². The number of hydrogen-bond acceptors (Lipinski definition) is 8. The van der Waals surface area contributed by atoms with Crippen molar-refractivity contribution in [2.24, 2.45) is 10.2 Å². The molecule has 1 heterocycles. The number of hydrogen-bond donors (Lipinski definition) is 1. The first-order chi connectivity index (χ1) is 12.9. The van der Waals surface area contributed by atoms with E-state index >= 15 is 0 Å². The maximum absolute atomic E-state index is 12.7. The minimum absolute atomic E-state index is 0.0833. The molecule has 0 unspecified atom stereocenters. The Balaban J connectivity index is 2.51. The standard InChI is InChI=1S/C17H17N5O5/c1-11-14(10-18)16(23)21(7-4-8-27-2)17(24)15(11)20-19-12-5-3-6-13(9-12)22(25)26/h3,5-6,9,23H,4,7-8H2,1-2H3. The van der Waals surface area contributed by atoms with Gasteiger partial charge in [0.2, 0.25) is 5.88 Å². The molecule has 1 aromatic heterocycles. The zero-order valence-electron chi connectivity index (χ0n) is 14.7. The summed E-state index contributed by atoms with van der Waals surface area (Å²) in [4.78, 5) is 22.9. The molecule has 2 aromatic rings. The number of nitriles is 1. The first kappa shape index (κ1) is 19.7. The molecule has 1 aromatic carbocycles. The molecule has 0 amide bonds. The number of aromatic nitrogens is 1. The normalized spacial score (nSPS) is 10.9. The van der Waals surface area contributed by atoms with Gasteiger partial charge in [-0.2, -0.15) is 10.4 Å². The summed E-state index contributed by atoms with van der Waals surface area (Å²) < 4.78 is 5.96. The van der Waals surface area contributed by atoms with E-state index in [-0.39, 0.29) is 34.7 Å². The molecule has 10 nitrogen and oxygen atoms in total. The zero-order valence-corrected chi connectivity index (χ0v) is 14.7.